The summed E-state index contributed by atoms with van der Waals surface area (Å²) in [5.41, 5.74) is 2.77. The SMILES string of the molecule is CNC(=O)Cn1c(-c2ccncc2)nc2ccccc21. The molecule has 0 spiro atoms. The highest BCUT2D eigenvalue weighted by atomic mass is 16.1. The van der Waals surface area contributed by atoms with Crippen LogP contribution in [0.25, 0.3) is 22.4 Å². The molecule has 0 aliphatic heterocycles. The fourth-order valence-electron chi connectivity index (χ4n) is 2.18. The summed E-state index contributed by atoms with van der Waals surface area (Å²) in [7, 11) is 1.63. The highest BCUT2D eigenvalue weighted by Crippen LogP contribution is 2.24. The lowest BCUT2D eigenvalue weighted by Gasteiger charge is -2.08. The van der Waals surface area contributed by atoms with Crippen molar-refractivity contribution in [2.24, 2.45) is 0 Å². The highest BCUT2D eigenvalue weighted by molar-refractivity contribution is 5.84. The standard InChI is InChI=1S/C15H14N4O/c1-16-14(20)10-19-13-5-3-2-4-12(13)18-15(19)11-6-8-17-9-7-11/h2-9H,10H2,1H3,(H,16,20). The molecule has 0 saturated carbocycles. The zero-order chi connectivity index (χ0) is 13.9. The van der Waals surface area contributed by atoms with Gasteiger partial charge in [0.25, 0.3) is 0 Å². The number of pyridine rings is 1. The maximum absolute atomic E-state index is 11.7. The predicted molar refractivity (Wildman–Crippen MR) is 77.0 cm³/mol. The quantitative estimate of drug-likeness (QED) is 0.787. The van der Waals surface area contributed by atoms with Gasteiger partial charge in [-0.3, -0.25) is 9.78 Å². The van der Waals surface area contributed by atoms with Crippen LogP contribution in [0.3, 0.4) is 0 Å². The average molecular weight is 266 g/mol. The van der Waals surface area contributed by atoms with Crippen molar-refractivity contribution in [3.8, 4) is 11.4 Å². The third-order valence-electron chi connectivity index (χ3n) is 3.17. The molecule has 1 amide bonds. The first kappa shape index (κ1) is 12.3. The Morgan fingerprint density at radius 3 is 2.70 bits per heavy atom. The van der Waals surface area contributed by atoms with E-state index in [4.69, 9.17) is 0 Å². The molecule has 0 bridgehead atoms. The van der Waals surface area contributed by atoms with Crippen molar-refractivity contribution >= 4 is 16.9 Å². The molecule has 3 rings (SSSR count). The van der Waals surface area contributed by atoms with E-state index in [1.165, 1.54) is 0 Å². The number of nitrogens with one attached hydrogen (secondary N) is 1. The molecule has 0 unspecified atom stereocenters. The van der Waals surface area contributed by atoms with Gasteiger partial charge < -0.3 is 9.88 Å². The molecule has 0 aliphatic carbocycles. The van der Waals surface area contributed by atoms with E-state index < -0.39 is 0 Å². The van der Waals surface area contributed by atoms with Crippen LogP contribution >= 0.6 is 0 Å². The van der Waals surface area contributed by atoms with Crippen molar-refractivity contribution in [3.05, 3.63) is 48.8 Å². The van der Waals surface area contributed by atoms with Gasteiger partial charge in [0, 0.05) is 25.0 Å². The predicted octanol–water partition coefficient (Wildman–Crippen LogP) is 1.84. The third-order valence-corrected chi connectivity index (χ3v) is 3.17. The van der Waals surface area contributed by atoms with E-state index in [2.05, 4.69) is 15.3 Å². The first-order chi connectivity index (χ1) is 9.79. The fourth-order valence-corrected chi connectivity index (χ4v) is 2.18. The zero-order valence-electron chi connectivity index (χ0n) is 11.1. The number of para-hydroxylation sites is 2. The number of carbonyl (C=O) groups excluding carboxylic acids is 1. The molecule has 100 valence electrons. The van der Waals surface area contributed by atoms with Crippen LogP contribution in [0.4, 0.5) is 0 Å². The summed E-state index contributed by atoms with van der Waals surface area (Å²) in [5, 5.41) is 2.65. The second-order valence-electron chi connectivity index (χ2n) is 4.42. The van der Waals surface area contributed by atoms with Gasteiger partial charge in [-0.05, 0) is 24.3 Å². The second kappa shape index (κ2) is 5.13. The summed E-state index contributed by atoms with van der Waals surface area (Å²) in [6, 6.07) is 11.6. The molecule has 0 saturated heterocycles. The normalized spacial score (nSPS) is 10.7. The first-order valence-electron chi connectivity index (χ1n) is 6.36. The Morgan fingerprint density at radius 2 is 1.95 bits per heavy atom. The molecule has 2 heterocycles. The number of fused-ring (bicyclic) bond motifs is 1. The Kier molecular flexibility index (Phi) is 3.16. The van der Waals surface area contributed by atoms with E-state index in [0.717, 1.165) is 22.4 Å². The van der Waals surface area contributed by atoms with Crippen molar-refractivity contribution in [1.82, 2.24) is 19.9 Å². The summed E-state index contributed by atoms with van der Waals surface area (Å²) < 4.78 is 1.92. The number of carbonyl (C=O) groups is 1. The van der Waals surface area contributed by atoms with Crippen molar-refractivity contribution in [2.45, 2.75) is 6.54 Å². The van der Waals surface area contributed by atoms with Gasteiger partial charge in [0.1, 0.15) is 12.4 Å². The van der Waals surface area contributed by atoms with Gasteiger partial charge >= 0.3 is 0 Å². The Balaban J connectivity index is 2.20. The smallest absolute Gasteiger partial charge is 0.239 e. The number of aromatic nitrogens is 3. The van der Waals surface area contributed by atoms with Gasteiger partial charge in [0.2, 0.25) is 5.91 Å². The van der Waals surface area contributed by atoms with Crippen molar-refractivity contribution in [2.75, 3.05) is 7.05 Å². The van der Waals surface area contributed by atoms with E-state index in [0.29, 0.717) is 0 Å². The molecule has 0 atom stereocenters. The lowest BCUT2D eigenvalue weighted by Crippen LogP contribution is -2.23. The number of likely N-dealkylation sites (N-methyl/N-ethyl adjacent to an activating group) is 1. The minimum Gasteiger partial charge on any atom is -0.358 e. The Morgan fingerprint density at radius 1 is 1.20 bits per heavy atom. The van der Waals surface area contributed by atoms with Crippen LogP contribution in [0, 0.1) is 0 Å². The Bertz CT molecular complexity index is 749. The van der Waals surface area contributed by atoms with Crippen LogP contribution in [-0.4, -0.2) is 27.5 Å². The Labute approximate surface area is 116 Å². The van der Waals surface area contributed by atoms with Gasteiger partial charge in [-0.15, -0.1) is 0 Å². The van der Waals surface area contributed by atoms with Crippen molar-refractivity contribution in [1.29, 1.82) is 0 Å². The van der Waals surface area contributed by atoms with Crippen molar-refractivity contribution in [3.63, 3.8) is 0 Å². The maximum Gasteiger partial charge on any atom is 0.239 e. The van der Waals surface area contributed by atoms with E-state index in [9.17, 15) is 4.79 Å². The highest BCUT2D eigenvalue weighted by Gasteiger charge is 2.14. The van der Waals surface area contributed by atoms with E-state index >= 15 is 0 Å². The van der Waals surface area contributed by atoms with Crippen LogP contribution in [0.1, 0.15) is 0 Å². The zero-order valence-corrected chi connectivity index (χ0v) is 11.1. The van der Waals surface area contributed by atoms with Crippen molar-refractivity contribution < 1.29 is 4.79 Å². The minimum absolute atomic E-state index is 0.0524. The number of nitrogens with zero attached hydrogens (tertiary/aromatic N) is 3. The van der Waals surface area contributed by atoms with Gasteiger partial charge in [0.15, 0.2) is 0 Å². The lowest BCUT2D eigenvalue weighted by molar-refractivity contribution is -0.121. The van der Waals surface area contributed by atoms with Crippen LogP contribution in [-0.2, 0) is 11.3 Å². The maximum atomic E-state index is 11.7. The largest absolute Gasteiger partial charge is 0.358 e. The van der Waals surface area contributed by atoms with E-state index in [-0.39, 0.29) is 12.5 Å². The molecular formula is C15H14N4O. The van der Waals surface area contributed by atoms with Crippen LogP contribution in [0.15, 0.2) is 48.8 Å². The van der Waals surface area contributed by atoms with Crippen LogP contribution in [0.5, 0.6) is 0 Å². The number of hydrogen-bond acceptors (Lipinski definition) is 3. The molecule has 1 N–H and O–H groups in total. The molecule has 0 aliphatic rings. The molecule has 0 fully saturated rings. The van der Waals surface area contributed by atoms with E-state index in [1.54, 1.807) is 19.4 Å². The summed E-state index contributed by atoms with van der Waals surface area (Å²) >= 11 is 0. The molecule has 0 radical (unpaired) electrons. The molecule has 3 aromatic rings. The van der Waals surface area contributed by atoms with Gasteiger partial charge in [0.05, 0.1) is 11.0 Å². The lowest BCUT2D eigenvalue weighted by atomic mass is 10.2. The monoisotopic (exact) mass is 266 g/mol. The number of hydrogen-bond donors (Lipinski definition) is 1. The number of amides is 1. The molecule has 5 nitrogen and oxygen atoms in total. The number of rotatable bonds is 3. The second-order valence-corrected chi connectivity index (χ2v) is 4.42. The van der Waals surface area contributed by atoms with Crippen LogP contribution < -0.4 is 5.32 Å². The Hall–Kier alpha value is -2.69. The average Bonchev–Trinajstić information content (AvgIpc) is 2.87. The molecule has 20 heavy (non-hydrogen) atoms. The molecule has 2 aromatic heterocycles. The van der Waals surface area contributed by atoms with Gasteiger partial charge in [-0.1, -0.05) is 12.1 Å². The molecule has 1 aromatic carbocycles. The van der Waals surface area contributed by atoms with E-state index in [1.807, 2.05) is 41.0 Å². The summed E-state index contributed by atoms with van der Waals surface area (Å²) in [6.45, 7) is 0.245. The minimum atomic E-state index is -0.0524. The molecular weight excluding hydrogens is 252 g/mol. The summed E-state index contributed by atoms with van der Waals surface area (Å²) in [5.74, 6) is 0.723. The topological polar surface area (TPSA) is 59.8 Å². The number of imidazole rings is 1. The summed E-state index contributed by atoms with van der Waals surface area (Å²) in [6.07, 6.45) is 3.44. The van der Waals surface area contributed by atoms with Gasteiger partial charge in [-0.25, -0.2) is 4.98 Å². The number of benzene rings is 1. The molecule has 5 heteroatoms. The third kappa shape index (κ3) is 2.14. The first-order valence-corrected chi connectivity index (χ1v) is 6.36. The van der Waals surface area contributed by atoms with Crippen LogP contribution in [0.2, 0.25) is 0 Å². The fraction of sp³-hybridized carbons (Fsp3) is 0.133. The van der Waals surface area contributed by atoms with Gasteiger partial charge in [-0.2, -0.15) is 0 Å². The summed E-state index contributed by atoms with van der Waals surface area (Å²) in [4.78, 5) is 20.4.